The molecule has 2 aromatic rings. The van der Waals surface area contributed by atoms with Crippen molar-refractivity contribution in [2.75, 3.05) is 38.2 Å². The molecule has 5 rings (SSSR count). The zero-order valence-electron chi connectivity index (χ0n) is 15.9. The maximum Gasteiger partial charge on any atom is 0.324 e. The summed E-state index contributed by atoms with van der Waals surface area (Å²) in [5.41, 5.74) is 0.884. The molecule has 1 aliphatic carbocycles. The van der Waals surface area contributed by atoms with E-state index in [-0.39, 0.29) is 11.8 Å². The van der Waals surface area contributed by atoms with E-state index in [1.807, 2.05) is 24.3 Å². The first-order valence-corrected chi connectivity index (χ1v) is 9.97. The quantitative estimate of drug-likeness (QED) is 0.804. The molecule has 8 heteroatoms. The lowest BCUT2D eigenvalue weighted by molar-refractivity contribution is -0.125. The van der Waals surface area contributed by atoms with Gasteiger partial charge in [0.15, 0.2) is 0 Å². The Hall–Kier alpha value is -2.61. The summed E-state index contributed by atoms with van der Waals surface area (Å²) in [6, 6.07) is 8.49. The van der Waals surface area contributed by atoms with Crippen LogP contribution in [0.3, 0.4) is 0 Å². The highest BCUT2D eigenvalue weighted by Crippen LogP contribution is 2.42. The number of fused-ring (bicyclic) bond motifs is 1. The van der Waals surface area contributed by atoms with Crippen LogP contribution >= 0.6 is 0 Å². The molecule has 28 heavy (non-hydrogen) atoms. The molecule has 8 nitrogen and oxygen atoms in total. The van der Waals surface area contributed by atoms with Crippen LogP contribution in [0.5, 0.6) is 5.75 Å². The number of methoxy groups -OCH3 is 1. The molecule has 0 spiro atoms. The number of nitrogens with one attached hydrogen (secondary N) is 2. The van der Waals surface area contributed by atoms with Crippen molar-refractivity contribution < 1.29 is 14.1 Å². The average molecular weight is 383 g/mol. The third-order valence-corrected chi connectivity index (χ3v) is 6.30. The van der Waals surface area contributed by atoms with Crippen molar-refractivity contribution in [2.45, 2.75) is 18.9 Å². The van der Waals surface area contributed by atoms with E-state index in [2.05, 4.69) is 25.7 Å². The van der Waals surface area contributed by atoms with Gasteiger partial charge in [0.25, 0.3) is 0 Å². The van der Waals surface area contributed by atoms with Gasteiger partial charge in [0.2, 0.25) is 11.7 Å². The maximum atomic E-state index is 12.6. The smallest absolute Gasteiger partial charge is 0.324 e. The molecule has 3 heterocycles. The zero-order chi connectivity index (χ0) is 19.1. The number of rotatable bonds is 5. The second-order valence-corrected chi connectivity index (χ2v) is 7.91. The number of ether oxygens (including phenoxy) is 1. The fourth-order valence-electron chi connectivity index (χ4n) is 4.45. The fraction of sp³-hybridized carbons (Fsp3) is 0.550. The molecule has 0 radical (unpaired) electrons. The molecule has 2 saturated heterocycles. The molecular formula is C20H25N5O3. The van der Waals surface area contributed by atoms with Crippen molar-refractivity contribution in [3.05, 3.63) is 24.3 Å². The van der Waals surface area contributed by atoms with Crippen LogP contribution < -0.4 is 20.3 Å². The minimum absolute atomic E-state index is 0.0783. The van der Waals surface area contributed by atoms with E-state index in [4.69, 9.17) is 9.26 Å². The molecule has 1 saturated carbocycles. The summed E-state index contributed by atoms with van der Waals surface area (Å²) in [6.45, 7) is 3.59. The minimum Gasteiger partial charge on any atom is -0.497 e. The molecule has 2 aliphatic heterocycles. The molecule has 0 bridgehead atoms. The van der Waals surface area contributed by atoms with Gasteiger partial charge in [-0.05, 0) is 48.9 Å². The molecule has 1 amide bonds. The molecule has 1 aromatic carbocycles. The molecule has 1 unspecified atom stereocenters. The second-order valence-electron chi connectivity index (χ2n) is 7.91. The van der Waals surface area contributed by atoms with Crippen LogP contribution in [0.15, 0.2) is 28.8 Å². The number of piperidine rings is 2. The third kappa shape index (κ3) is 3.22. The molecule has 3 aliphatic rings. The van der Waals surface area contributed by atoms with Gasteiger partial charge in [0.05, 0.1) is 7.11 Å². The van der Waals surface area contributed by atoms with E-state index in [9.17, 15) is 4.79 Å². The Morgan fingerprint density at radius 3 is 2.61 bits per heavy atom. The number of carbonyl (C=O) groups is 1. The summed E-state index contributed by atoms with van der Waals surface area (Å²) >= 11 is 0. The van der Waals surface area contributed by atoms with Crippen LogP contribution in [0.2, 0.25) is 0 Å². The largest absolute Gasteiger partial charge is 0.497 e. The molecule has 3 atom stereocenters. The predicted octanol–water partition coefficient (Wildman–Crippen LogP) is 1.30. The molecule has 148 valence electrons. The molecule has 3 fully saturated rings. The van der Waals surface area contributed by atoms with Gasteiger partial charge in [-0.3, -0.25) is 4.79 Å². The van der Waals surface area contributed by atoms with Gasteiger partial charge in [-0.2, -0.15) is 4.98 Å². The van der Waals surface area contributed by atoms with Gasteiger partial charge in [0.1, 0.15) is 5.75 Å². The van der Waals surface area contributed by atoms with Gasteiger partial charge in [-0.15, -0.1) is 0 Å². The Balaban J connectivity index is 1.15. The summed E-state index contributed by atoms with van der Waals surface area (Å²) in [4.78, 5) is 19.1. The van der Waals surface area contributed by atoms with Gasteiger partial charge in [-0.25, -0.2) is 0 Å². The highest BCUT2D eigenvalue weighted by molar-refractivity contribution is 5.79. The van der Waals surface area contributed by atoms with E-state index in [1.54, 1.807) is 7.11 Å². The second kappa shape index (κ2) is 7.09. The SMILES string of the molecule is COc1ccc(-c2noc(N3CCC(C(=O)NC4[C@H]5CNC[C@@H]45)CC3)n2)cc1. The van der Waals surface area contributed by atoms with Crippen molar-refractivity contribution in [1.82, 2.24) is 20.8 Å². The number of amides is 1. The van der Waals surface area contributed by atoms with E-state index < -0.39 is 0 Å². The van der Waals surface area contributed by atoms with Crippen LogP contribution in [0.25, 0.3) is 11.4 Å². The van der Waals surface area contributed by atoms with Gasteiger partial charge in [0, 0.05) is 43.7 Å². The standard InChI is InChI=1S/C20H25N5O3/c1-27-14-4-2-12(3-5-14)18-23-20(28-24-18)25-8-6-13(7-9-25)19(26)22-17-15-10-21-11-16(15)17/h2-5,13,15-17,21H,6-11H2,1H3,(H,22,26)/t15-,16+,17?. The number of carbonyl (C=O) groups excluding carboxylic acids is 1. The number of hydrogen-bond acceptors (Lipinski definition) is 7. The van der Waals surface area contributed by atoms with E-state index in [0.29, 0.717) is 29.7 Å². The summed E-state index contributed by atoms with van der Waals surface area (Å²) in [5.74, 6) is 2.95. The Morgan fingerprint density at radius 2 is 1.93 bits per heavy atom. The van der Waals surface area contributed by atoms with Crippen LogP contribution in [-0.4, -0.2) is 55.4 Å². The fourth-order valence-corrected chi connectivity index (χ4v) is 4.45. The number of nitrogens with zero attached hydrogens (tertiary/aromatic N) is 3. The van der Waals surface area contributed by atoms with Crippen LogP contribution in [0, 0.1) is 17.8 Å². The first kappa shape index (κ1) is 17.5. The molecule has 2 N–H and O–H groups in total. The number of benzene rings is 1. The monoisotopic (exact) mass is 383 g/mol. The summed E-state index contributed by atoms with van der Waals surface area (Å²) in [7, 11) is 1.64. The number of anilines is 1. The molecule has 1 aromatic heterocycles. The Morgan fingerprint density at radius 1 is 1.21 bits per heavy atom. The predicted molar refractivity (Wildman–Crippen MR) is 103 cm³/mol. The van der Waals surface area contributed by atoms with Crippen LogP contribution in [-0.2, 0) is 4.79 Å². The lowest BCUT2D eigenvalue weighted by Gasteiger charge is -2.29. The van der Waals surface area contributed by atoms with E-state index >= 15 is 0 Å². The maximum absolute atomic E-state index is 12.6. The van der Waals surface area contributed by atoms with Gasteiger partial charge >= 0.3 is 6.01 Å². The topological polar surface area (TPSA) is 92.5 Å². The minimum atomic E-state index is 0.0783. The van der Waals surface area contributed by atoms with E-state index in [0.717, 1.165) is 50.3 Å². The first-order valence-electron chi connectivity index (χ1n) is 9.97. The zero-order valence-corrected chi connectivity index (χ0v) is 15.9. The highest BCUT2D eigenvalue weighted by atomic mass is 16.5. The van der Waals surface area contributed by atoms with Crippen molar-refractivity contribution in [1.29, 1.82) is 0 Å². The van der Waals surface area contributed by atoms with Gasteiger partial charge in [-0.1, -0.05) is 5.16 Å². The highest BCUT2D eigenvalue weighted by Gasteiger charge is 2.53. The first-order chi connectivity index (χ1) is 13.7. The average Bonchev–Trinajstić information content (AvgIpc) is 3.16. The Labute approximate surface area is 163 Å². The van der Waals surface area contributed by atoms with Crippen molar-refractivity contribution >= 4 is 11.9 Å². The van der Waals surface area contributed by atoms with Crippen molar-refractivity contribution in [3.8, 4) is 17.1 Å². The summed E-state index contributed by atoms with van der Waals surface area (Å²) in [5, 5.41) is 10.7. The van der Waals surface area contributed by atoms with Crippen LogP contribution in [0.4, 0.5) is 6.01 Å². The Kier molecular flexibility index (Phi) is 4.43. The van der Waals surface area contributed by atoms with Crippen molar-refractivity contribution in [3.63, 3.8) is 0 Å². The summed E-state index contributed by atoms with van der Waals surface area (Å²) < 4.78 is 10.6. The lowest BCUT2D eigenvalue weighted by atomic mass is 9.96. The Bertz CT molecular complexity index is 834. The normalized spacial score (nSPS) is 26.8. The van der Waals surface area contributed by atoms with E-state index in [1.165, 1.54) is 0 Å². The van der Waals surface area contributed by atoms with Crippen molar-refractivity contribution in [2.24, 2.45) is 17.8 Å². The third-order valence-electron chi connectivity index (χ3n) is 6.30. The number of aromatic nitrogens is 2. The van der Waals surface area contributed by atoms with Crippen LogP contribution in [0.1, 0.15) is 12.8 Å². The van der Waals surface area contributed by atoms with Gasteiger partial charge < -0.3 is 24.8 Å². The number of hydrogen-bond donors (Lipinski definition) is 2. The summed E-state index contributed by atoms with van der Waals surface area (Å²) in [6.07, 6.45) is 1.62. The lowest BCUT2D eigenvalue weighted by Crippen LogP contribution is -2.42. The molecular weight excluding hydrogens is 358 g/mol.